The molecule has 8 nitrogen and oxygen atoms in total. The van der Waals surface area contributed by atoms with Gasteiger partial charge in [-0.25, -0.2) is 4.79 Å². The van der Waals surface area contributed by atoms with Crippen molar-refractivity contribution in [3.8, 4) is 5.75 Å². The number of nitrogens with one attached hydrogen (secondary N) is 2. The van der Waals surface area contributed by atoms with E-state index in [4.69, 9.17) is 4.74 Å². The number of carbonyl (C=O) groups is 2. The van der Waals surface area contributed by atoms with Gasteiger partial charge in [0.25, 0.3) is 0 Å². The van der Waals surface area contributed by atoms with E-state index in [9.17, 15) is 14.7 Å². The van der Waals surface area contributed by atoms with E-state index in [1.54, 1.807) is 4.90 Å². The van der Waals surface area contributed by atoms with Crippen LogP contribution in [0.5, 0.6) is 5.75 Å². The summed E-state index contributed by atoms with van der Waals surface area (Å²) in [7, 11) is 2.14. The van der Waals surface area contributed by atoms with Crippen LogP contribution in [0.4, 0.5) is 10.5 Å². The van der Waals surface area contributed by atoms with Crippen LogP contribution >= 0.6 is 0 Å². The molecule has 1 heterocycles. The quantitative estimate of drug-likeness (QED) is 0.507. The Morgan fingerprint density at radius 1 is 1.19 bits per heavy atom. The lowest BCUT2D eigenvalue weighted by Crippen LogP contribution is -2.47. The minimum absolute atomic E-state index is 0.0379. The highest BCUT2D eigenvalue weighted by atomic mass is 16.5. The van der Waals surface area contributed by atoms with Crippen LogP contribution in [-0.4, -0.2) is 78.3 Å². The molecule has 8 heteroatoms. The number of likely N-dealkylation sites (N-methyl/N-ethyl adjacent to an activating group) is 1. The molecule has 200 valence electrons. The fourth-order valence-corrected chi connectivity index (χ4v) is 5.45. The van der Waals surface area contributed by atoms with Crippen LogP contribution in [0.2, 0.25) is 0 Å². The van der Waals surface area contributed by atoms with Crippen molar-refractivity contribution in [2.75, 3.05) is 38.6 Å². The summed E-state index contributed by atoms with van der Waals surface area (Å²) >= 11 is 0. The second-order valence-corrected chi connectivity index (χ2v) is 11.3. The van der Waals surface area contributed by atoms with E-state index in [1.165, 1.54) is 19.3 Å². The highest BCUT2D eigenvalue weighted by molar-refractivity contribution is 5.90. The molecule has 2 saturated carbocycles. The summed E-state index contributed by atoms with van der Waals surface area (Å²) in [5.41, 5.74) is 1.41. The molecule has 3 atom stereocenters. The van der Waals surface area contributed by atoms with Crippen LogP contribution < -0.4 is 15.4 Å². The van der Waals surface area contributed by atoms with Crippen molar-refractivity contribution in [3.63, 3.8) is 0 Å². The number of hydrogen-bond donors (Lipinski definition) is 3. The smallest absolute Gasteiger partial charge is 0.319 e. The molecule has 36 heavy (non-hydrogen) atoms. The first-order chi connectivity index (χ1) is 17.3. The third-order valence-corrected chi connectivity index (χ3v) is 7.87. The molecule has 0 bridgehead atoms. The summed E-state index contributed by atoms with van der Waals surface area (Å²) < 4.78 is 6.58. The maximum Gasteiger partial charge on any atom is 0.319 e. The fraction of sp³-hybridized carbons (Fsp3) is 0.714. The summed E-state index contributed by atoms with van der Waals surface area (Å²) in [4.78, 5) is 30.1. The van der Waals surface area contributed by atoms with Gasteiger partial charge in [0.2, 0.25) is 5.91 Å². The van der Waals surface area contributed by atoms with Gasteiger partial charge in [-0.1, -0.05) is 26.2 Å². The van der Waals surface area contributed by atoms with Crippen molar-refractivity contribution in [1.29, 1.82) is 0 Å². The van der Waals surface area contributed by atoms with Gasteiger partial charge in [-0.3, -0.25) is 4.79 Å². The van der Waals surface area contributed by atoms with Gasteiger partial charge in [0.05, 0.1) is 19.1 Å². The lowest BCUT2D eigenvalue weighted by Gasteiger charge is -2.34. The molecular weight excluding hydrogens is 456 g/mol. The van der Waals surface area contributed by atoms with Crippen molar-refractivity contribution in [2.45, 2.75) is 83.4 Å². The zero-order chi connectivity index (χ0) is 25.7. The number of aliphatic hydroxyl groups is 1. The van der Waals surface area contributed by atoms with E-state index >= 15 is 0 Å². The number of aliphatic hydroxyl groups excluding tert-OH is 1. The number of urea groups is 1. The molecule has 0 radical (unpaired) electrons. The van der Waals surface area contributed by atoms with Gasteiger partial charge in [-0.2, -0.15) is 0 Å². The Morgan fingerprint density at radius 3 is 2.64 bits per heavy atom. The number of anilines is 1. The number of benzene rings is 1. The largest absolute Gasteiger partial charge is 0.488 e. The van der Waals surface area contributed by atoms with Crippen LogP contribution in [0.3, 0.4) is 0 Å². The Labute approximate surface area is 215 Å². The number of nitrogens with zero attached hydrogens (tertiary/aromatic N) is 2. The van der Waals surface area contributed by atoms with Crippen LogP contribution in [-0.2, 0) is 11.2 Å². The fourth-order valence-electron chi connectivity index (χ4n) is 5.45. The van der Waals surface area contributed by atoms with E-state index in [0.717, 1.165) is 50.3 Å². The standard InChI is InChI=1S/C28H44N4O4/c1-19-15-32(20(2)18-33)27(34)14-22-13-24(30-28(35)29-23-7-5-4-6-8-23)11-12-25(22)36-26(19)17-31(3)16-21-9-10-21/h11-13,19-21,23,26,33H,4-10,14-18H2,1-3H3,(H2,29,30,35)/t19-,20-,26+/m0/s1. The molecular formula is C28H44N4O4. The van der Waals surface area contributed by atoms with Crippen molar-refractivity contribution in [1.82, 2.24) is 15.1 Å². The van der Waals surface area contributed by atoms with Gasteiger partial charge >= 0.3 is 6.03 Å². The van der Waals surface area contributed by atoms with E-state index in [0.29, 0.717) is 18.0 Å². The summed E-state index contributed by atoms with van der Waals surface area (Å²) in [6.45, 7) is 6.29. The van der Waals surface area contributed by atoms with Gasteiger partial charge in [0.1, 0.15) is 11.9 Å². The van der Waals surface area contributed by atoms with Crippen LogP contribution in [0.1, 0.15) is 64.4 Å². The molecule has 3 aliphatic rings. The molecule has 2 aliphatic carbocycles. The molecule has 2 fully saturated rings. The first-order valence-corrected chi connectivity index (χ1v) is 13.8. The normalized spacial score (nSPS) is 24.2. The van der Waals surface area contributed by atoms with Crippen molar-refractivity contribution in [3.05, 3.63) is 23.8 Å². The van der Waals surface area contributed by atoms with Crippen LogP contribution in [0.25, 0.3) is 0 Å². The monoisotopic (exact) mass is 500 g/mol. The van der Waals surface area contributed by atoms with E-state index in [1.807, 2.05) is 25.1 Å². The Bertz CT molecular complexity index is 900. The van der Waals surface area contributed by atoms with Crippen LogP contribution in [0, 0.1) is 11.8 Å². The average Bonchev–Trinajstić information content (AvgIpc) is 3.66. The molecule has 1 aromatic carbocycles. The Balaban J connectivity index is 1.52. The van der Waals surface area contributed by atoms with Crippen molar-refractivity contribution in [2.24, 2.45) is 11.8 Å². The van der Waals surface area contributed by atoms with Crippen molar-refractivity contribution < 1.29 is 19.4 Å². The topological polar surface area (TPSA) is 94.1 Å². The van der Waals surface area contributed by atoms with Crippen LogP contribution in [0.15, 0.2) is 18.2 Å². The minimum atomic E-state index is -0.270. The van der Waals surface area contributed by atoms with Gasteiger partial charge in [-0.05, 0) is 63.8 Å². The molecule has 0 saturated heterocycles. The van der Waals surface area contributed by atoms with Crippen molar-refractivity contribution >= 4 is 17.6 Å². The number of fused-ring (bicyclic) bond motifs is 1. The third kappa shape index (κ3) is 7.35. The van der Waals surface area contributed by atoms with Gasteiger partial charge in [0.15, 0.2) is 0 Å². The summed E-state index contributed by atoms with van der Waals surface area (Å²) in [5.74, 6) is 1.53. The summed E-state index contributed by atoms with van der Waals surface area (Å²) in [5, 5.41) is 15.9. The minimum Gasteiger partial charge on any atom is -0.488 e. The maximum atomic E-state index is 13.4. The summed E-state index contributed by atoms with van der Waals surface area (Å²) in [6, 6.07) is 5.33. The van der Waals surface area contributed by atoms with Gasteiger partial charge < -0.3 is 30.3 Å². The number of carbonyl (C=O) groups excluding carboxylic acids is 2. The number of ether oxygens (including phenoxy) is 1. The predicted octanol–water partition coefficient (Wildman–Crippen LogP) is 3.63. The van der Waals surface area contributed by atoms with E-state index in [-0.39, 0.29) is 49.1 Å². The maximum absolute atomic E-state index is 13.4. The predicted molar refractivity (Wildman–Crippen MR) is 141 cm³/mol. The van der Waals surface area contributed by atoms with Gasteiger partial charge in [0, 0.05) is 42.8 Å². The molecule has 0 unspecified atom stereocenters. The van der Waals surface area contributed by atoms with Gasteiger partial charge in [-0.15, -0.1) is 0 Å². The molecule has 1 aromatic rings. The lowest BCUT2D eigenvalue weighted by atomic mass is 9.96. The molecule has 1 aliphatic heterocycles. The second kappa shape index (κ2) is 12.3. The average molecular weight is 501 g/mol. The Morgan fingerprint density at radius 2 is 1.94 bits per heavy atom. The third-order valence-electron chi connectivity index (χ3n) is 7.87. The first-order valence-electron chi connectivity index (χ1n) is 13.8. The number of hydrogen-bond acceptors (Lipinski definition) is 5. The van der Waals surface area contributed by atoms with E-state index in [2.05, 4.69) is 29.5 Å². The zero-order valence-electron chi connectivity index (χ0n) is 22.2. The zero-order valence-corrected chi connectivity index (χ0v) is 22.2. The highest BCUT2D eigenvalue weighted by Crippen LogP contribution is 2.31. The molecule has 3 amide bonds. The summed E-state index contributed by atoms with van der Waals surface area (Å²) in [6.07, 6.45) is 8.25. The van der Waals surface area contributed by atoms with E-state index < -0.39 is 0 Å². The molecule has 3 N–H and O–H groups in total. The lowest BCUT2D eigenvalue weighted by molar-refractivity contribution is -0.134. The Kier molecular flexibility index (Phi) is 9.12. The Hall–Kier alpha value is -2.32. The first kappa shape index (κ1) is 26.7. The SMILES string of the molecule is C[C@H]1CN([C@@H](C)CO)C(=O)Cc2cc(NC(=O)NC3CCCCC3)ccc2O[C@@H]1CN(C)CC1CC1. The second-order valence-electron chi connectivity index (χ2n) is 11.3. The molecule has 0 aromatic heterocycles. The molecule has 0 spiro atoms. The molecule has 4 rings (SSSR count). The number of amides is 3. The highest BCUT2D eigenvalue weighted by Gasteiger charge is 2.32. The number of rotatable bonds is 8.